The molecule has 26 heavy (non-hydrogen) atoms. The number of ether oxygens (including phenoxy) is 2. The smallest absolute Gasteiger partial charge is 0.383 e. The van der Waals surface area contributed by atoms with Crippen molar-refractivity contribution in [3.05, 3.63) is 41.0 Å². The molecule has 140 valence electrons. The summed E-state index contributed by atoms with van der Waals surface area (Å²) < 4.78 is 15.5. The van der Waals surface area contributed by atoms with Crippen molar-refractivity contribution in [1.82, 2.24) is 0 Å². The van der Waals surface area contributed by atoms with Crippen LogP contribution in [0.1, 0.15) is 39.0 Å². The number of allylic oxidation sites excluding steroid dienone is 1. The summed E-state index contributed by atoms with van der Waals surface area (Å²) in [5.41, 5.74) is -0.913. The molecule has 0 aliphatic carbocycles. The molecule has 0 unspecified atom stereocenters. The monoisotopic (exact) mass is 362 g/mol. The van der Waals surface area contributed by atoms with Crippen LogP contribution in [0.2, 0.25) is 0 Å². The highest BCUT2D eigenvalue weighted by Crippen LogP contribution is 2.35. The van der Waals surface area contributed by atoms with Gasteiger partial charge < -0.3 is 24.1 Å². The van der Waals surface area contributed by atoms with E-state index in [1.807, 2.05) is 0 Å². The first-order valence-electron chi connectivity index (χ1n) is 8.49. The summed E-state index contributed by atoms with van der Waals surface area (Å²) in [6.07, 6.45) is 8.44. The van der Waals surface area contributed by atoms with Gasteiger partial charge in [0.25, 0.3) is 5.75 Å². The Labute approximate surface area is 150 Å². The van der Waals surface area contributed by atoms with E-state index in [2.05, 4.69) is 6.92 Å². The van der Waals surface area contributed by atoms with Crippen LogP contribution in [0.15, 0.2) is 39.7 Å². The van der Waals surface area contributed by atoms with Gasteiger partial charge in [0.2, 0.25) is 0 Å². The van der Waals surface area contributed by atoms with E-state index in [1.54, 1.807) is 12.1 Å². The zero-order valence-electron chi connectivity index (χ0n) is 14.6. The van der Waals surface area contributed by atoms with Crippen molar-refractivity contribution in [1.29, 1.82) is 0 Å². The topological polar surface area (TPSA) is 106 Å². The molecule has 7 nitrogen and oxygen atoms in total. The van der Waals surface area contributed by atoms with Crippen molar-refractivity contribution in [3.8, 4) is 17.2 Å². The number of hydrogen-bond donors (Lipinski definition) is 2. The first-order valence-corrected chi connectivity index (χ1v) is 8.49. The fourth-order valence-corrected chi connectivity index (χ4v) is 2.40. The molecular formula is C19H22O7. The number of rotatable bonds is 10. The van der Waals surface area contributed by atoms with Crippen molar-refractivity contribution in [2.24, 2.45) is 0 Å². The summed E-state index contributed by atoms with van der Waals surface area (Å²) in [6, 6.07) is 4.51. The molecule has 0 saturated heterocycles. The fraction of sp³-hybridized carbons (Fsp3) is 0.368. The molecule has 0 spiro atoms. The molecule has 2 aromatic rings. The van der Waals surface area contributed by atoms with Crippen LogP contribution in [-0.2, 0) is 4.79 Å². The summed E-state index contributed by atoms with van der Waals surface area (Å²) >= 11 is 0. The van der Waals surface area contributed by atoms with Gasteiger partial charge in [-0.15, -0.1) is 0 Å². The minimum absolute atomic E-state index is 0.0351. The molecule has 0 aliphatic rings. The Kier molecular flexibility index (Phi) is 7.08. The van der Waals surface area contributed by atoms with E-state index < -0.39 is 18.2 Å². The highest BCUT2D eigenvalue weighted by atomic mass is 16.5. The first kappa shape index (κ1) is 19.4. The van der Waals surface area contributed by atoms with E-state index in [-0.39, 0.29) is 28.2 Å². The Balaban J connectivity index is 2.18. The number of carbonyl (C=O) groups is 1. The summed E-state index contributed by atoms with van der Waals surface area (Å²) in [5.74, 6) is -1.82. The van der Waals surface area contributed by atoms with Crippen molar-refractivity contribution >= 4 is 16.9 Å². The normalized spacial score (nSPS) is 11.1. The molecule has 0 aliphatic heterocycles. The zero-order valence-corrected chi connectivity index (χ0v) is 14.6. The van der Waals surface area contributed by atoms with E-state index >= 15 is 0 Å². The lowest BCUT2D eigenvalue weighted by Gasteiger charge is -2.09. The summed E-state index contributed by atoms with van der Waals surface area (Å²) in [6.45, 7) is 1.54. The Morgan fingerprint density at radius 2 is 2.08 bits per heavy atom. The molecule has 1 aromatic heterocycles. The van der Waals surface area contributed by atoms with Gasteiger partial charge in [0.1, 0.15) is 0 Å². The van der Waals surface area contributed by atoms with Crippen LogP contribution in [-0.4, -0.2) is 22.8 Å². The lowest BCUT2D eigenvalue weighted by molar-refractivity contribution is -0.139. The number of carboxylic acid groups (broad SMARTS) is 1. The second-order valence-corrected chi connectivity index (χ2v) is 5.72. The van der Waals surface area contributed by atoms with Crippen LogP contribution in [0.4, 0.5) is 0 Å². The lowest BCUT2D eigenvalue weighted by atomic mass is 10.1. The standard InChI is InChI=1S/C19H22O7/c1-2-3-4-5-6-7-11-24-18-16(22)13-9-8-10-14(25-12-15(20)21)17(13)26-19(18)23/h7-11,22H,2-6,12H2,1H3,(H,20,21). The summed E-state index contributed by atoms with van der Waals surface area (Å²) in [7, 11) is 0. The number of carboxylic acids is 1. The maximum atomic E-state index is 12.1. The highest BCUT2D eigenvalue weighted by Gasteiger charge is 2.18. The van der Waals surface area contributed by atoms with Gasteiger partial charge in [0, 0.05) is 0 Å². The quantitative estimate of drug-likeness (QED) is 0.376. The molecular weight excluding hydrogens is 340 g/mol. The molecule has 0 bridgehead atoms. The number of unbranched alkanes of at least 4 members (excludes halogenated alkanes) is 4. The minimum atomic E-state index is -1.17. The van der Waals surface area contributed by atoms with Crippen LogP contribution >= 0.6 is 0 Å². The first-order chi connectivity index (χ1) is 12.5. The molecule has 1 aromatic carbocycles. The van der Waals surface area contributed by atoms with Crippen molar-refractivity contribution in [2.75, 3.05) is 6.61 Å². The molecule has 2 rings (SSSR count). The van der Waals surface area contributed by atoms with Gasteiger partial charge in [-0.05, 0) is 31.1 Å². The van der Waals surface area contributed by atoms with E-state index in [0.717, 1.165) is 25.7 Å². The Morgan fingerprint density at radius 3 is 2.81 bits per heavy atom. The zero-order chi connectivity index (χ0) is 18.9. The SMILES string of the molecule is CCCCCCC=COc1c(O)c2cccc(OCC(=O)O)c2oc1=O. The lowest BCUT2D eigenvalue weighted by Crippen LogP contribution is -2.10. The van der Waals surface area contributed by atoms with Crippen LogP contribution in [0, 0.1) is 0 Å². The second kappa shape index (κ2) is 9.50. The van der Waals surface area contributed by atoms with Crippen molar-refractivity contribution in [3.63, 3.8) is 0 Å². The molecule has 1 heterocycles. The number of hydrogen-bond acceptors (Lipinski definition) is 6. The van der Waals surface area contributed by atoms with E-state index in [9.17, 15) is 14.7 Å². The van der Waals surface area contributed by atoms with E-state index in [0.29, 0.717) is 0 Å². The average molecular weight is 362 g/mol. The molecule has 0 fully saturated rings. The Morgan fingerprint density at radius 1 is 1.27 bits per heavy atom. The molecule has 0 radical (unpaired) electrons. The van der Waals surface area contributed by atoms with Gasteiger partial charge in [-0.2, -0.15) is 0 Å². The van der Waals surface area contributed by atoms with Gasteiger partial charge in [-0.25, -0.2) is 9.59 Å². The fourth-order valence-electron chi connectivity index (χ4n) is 2.40. The molecule has 0 saturated carbocycles. The number of aromatic hydroxyl groups is 1. The maximum absolute atomic E-state index is 12.1. The van der Waals surface area contributed by atoms with Gasteiger partial charge in [0.15, 0.2) is 23.7 Å². The van der Waals surface area contributed by atoms with Crippen LogP contribution in [0.3, 0.4) is 0 Å². The Hall–Kier alpha value is -2.96. The van der Waals surface area contributed by atoms with Crippen molar-refractivity contribution in [2.45, 2.75) is 39.0 Å². The van der Waals surface area contributed by atoms with Gasteiger partial charge >= 0.3 is 11.6 Å². The molecule has 0 atom stereocenters. The predicted octanol–water partition coefficient (Wildman–Crippen LogP) is 3.82. The largest absolute Gasteiger partial charge is 0.504 e. The van der Waals surface area contributed by atoms with Gasteiger partial charge in [-0.3, -0.25) is 0 Å². The molecule has 0 amide bonds. The van der Waals surface area contributed by atoms with Crippen molar-refractivity contribution < 1.29 is 28.9 Å². The maximum Gasteiger partial charge on any atom is 0.383 e. The number of benzene rings is 1. The third kappa shape index (κ3) is 5.02. The predicted molar refractivity (Wildman–Crippen MR) is 95.8 cm³/mol. The number of para-hydroxylation sites is 1. The van der Waals surface area contributed by atoms with Crippen LogP contribution in [0.25, 0.3) is 11.0 Å². The minimum Gasteiger partial charge on any atom is -0.504 e. The van der Waals surface area contributed by atoms with Crippen LogP contribution < -0.4 is 15.1 Å². The third-order valence-corrected chi connectivity index (χ3v) is 3.69. The third-order valence-electron chi connectivity index (χ3n) is 3.69. The van der Waals surface area contributed by atoms with E-state index in [1.165, 1.54) is 24.8 Å². The summed E-state index contributed by atoms with van der Waals surface area (Å²) in [5, 5.41) is 19.2. The number of aliphatic carboxylic acids is 1. The molecule has 2 N–H and O–H groups in total. The average Bonchev–Trinajstić information content (AvgIpc) is 2.61. The Bertz CT molecular complexity index is 836. The second-order valence-electron chi connectivity index (χ2n) is 5.72. The summed E-state index contributed by atoms with van der Waals surface area (Å²) in [4.78, 5) is 22.7. The van der Waals surface area contributed by atoms with Gasteiger partial charge in [-0.1, -0.05) is 32.3 Å². The van der Waals surface area contributed by atoms with E-state index in [4.69, 9.17) is 19.0 Å². The number of fused-ring (bicyclic) bond motifs is 1. The highest BCUT2D eigenvalue weighted by molar-refractivity contribution is 5.89. The molecule has 7 heteroatoms. The van der Waals surface area contributed by atoms with Crippen LogP contribution in [0.5, 0.6) is 17.2 Å². The van der Waals surface area contributed by atoms with Gasteiger partial charge in [0.05, 0.1) is 11.6 Å².